The van der Waals surface area contributed by atoms with Crippen molar-refractivity contribution >= 4 is 34.7 Å². The van der Waals surface area contributed by atoms with Gasteiger partial charge in [-0.05, 0) is 30.9 Å². The van der Waals surface area contributed by atoms with Crippen LogP contribution in [0.3, 0.4) is 0 Å². The lowest BCUT2D eigenvalue weighted by molar-refractivity contribution is -0.389. The number of benzene rings is 1. The molecule has 0 unspecified atom stereocenters. The molecule has 1 amide bonds. The average molecular weight is 384 g/mol. The fourth-order valence-electron chi connectivity index (χ4n) is 2.13. The Morgan fingerprint density at radius 2 is 2.04 bits per heavy atom. The van der Waals surface area contributed by atoms with E-state index in [2.05, 4.69) is 10.4 Å². The first-order chi connectivity index (χ1) is 12.2. The molecule has 1 heterocycles. The number of nitro groups is 2. The third-order valence-electron chi connectivity index (χ3n) is 3.33. The Bertz CT molecular complexity index is 881. The van der Waals surface area contributed by atoms with Crippen LogP contribution in [0.1, 0.15) is 12.6 Å². The van der Waals surface area contributed by atoms with Crippen LogP contribution in [-0.4, -0.2) is 32.1 Å². The highest BCUT2D eigenvalue weighted by Gasteiger charge is 2.25. The Hall–Kier alpha value is -3.21. The van der Waals surface area contributed by atoms with Crippen LogP contribution in [0.15, 0.2) is 18.2 Å². The molecule has 0 fully saturated rings. The number of carbonyl (C=O) groups excluding carboxylic acids is 1. The van der Waals surface area contributed by atoms with E-state index in [-0.39, 0.29) is 22.1 Å². The summed E-state index contributed by atoms with van der Waals surface area (Å²) in [5.74, 6) is -0.930. The molecule has 1 aromatic heterocycles. The zero-order chi connectivity index (χ0) is 19.4. The minimum absolute atomic E-state index is 0.0335. The SMILES string of the molecule is CCOc1ccc(NC(=O)Cn2nc([N+](=O)[O-])c(Cl)c2C)c([N+](=O)[O-])c1. The fraction of sp³-hybridized carbons (Fsp3) is 0.286. The van der Waals surface area contributed by atoms with Gasteiger partial charge in [0.1, 0.15) is 18.0 Å². The number of nitrogens with zero attached hydrogens (tertiary/aromatic N) is 4. The predicted molar refractivity (Wildman–Crippen MR) is 91.5 cm³/mol. The summed E-state index contributed by atoms with van der Waals surface area (Å²) >= 11 is 5.81. The first kappa shape index (κ1) is 19.1. The van der Waals surface area contributed by atoms with Crippen molar-refractivity contribution in [2.75, 3.05) is 11.9 Å². The van der Waals surface area contributed by atoms with Crippen molar-refractivity contribution in [2.24, 2.45) is 0 Å². The topological polar surface area (TPSA) is 142 Å². The molecular formula is C14H14ClN5O6. The van der Waals surface area contributed by atoms with Gasteiger partial charge in [0.05, 0.1) is 28.4 Å². The molecule has 0 saturated heterocycles. The third-order valence-corrected chi connectivity index (χ3v) is 3.78. The minimum Gasteiger partial charge on any atom is -0.494 e. The molecule has 0 bridgehead atoms. The summed E-state index contributed by atoms with van der Waals surface area (Å²) in [4.78, 5) is 32.8. The second kappa shape index (κ2) is 7.78. The molecule has 1 N–H and O–H groups in total. The molecule has 0 aliphatic heterocycles. The van der Waals surface area contributed by atoms with E-state index in [0.717, 1.165) is 4.68 Å². The number of carbonyl (C=O) groups is 1. The molecule has 2 aromatic rings. The molecule has 0 atom stereocenters. The fourth-order valence-corrected chi connectivity index (χ4v) is 2.33. The predicted octanol–water partition coefficient (Wildman–Crippen LogP) is 2.70. The Kier molecular flexibility index (Phi) is 5.72. The lowest BCUT2D eigenvalue weighted by Gasteiger charge is -2.08. The number of ether oxygens (including phenoxy) is 1. The van der Waals surface area contributed by atoms with Gasteiger partial charge in [0.2, 0.25) is 5.91 Å². The van der Waals surface area contributed by atoms with Gasteiger partial charge in [0.25, 0.3) is 5.69 Å². The van der Waals surface area contributed by atoms with Crippen LogP contribution in [0.4, 0.5) is 17.2 Å². The molecule has 2 rings (SSSR count). The van der Waals surface area contributed by atoms with E-state index in [4.69, 9.17) is 16.3 Å². The molecule has 0 radical (unpaired) electrons. The van der Waals surface area contributed by atoms with Crippen LogP contribution in [0.2, 0.25) is 5.02 Å². The van der Waals surface area contributed by atoms with Crippen LogP contribution in [0.25, 0.3) is 0 Å². The lowest BCUT2D eigenvalue weighted by atomic mass is 10.2. The second-order valence-corrected chi connectivity index (χ2v) is 5.43. The van der Waals surface area contributed by atoms with E-state index in [0.29, 0.717) is 12.4 Å². The van der Waals surface area contributed by atoms with Gasteiger partial charge in [-0.3, -0.25) is 14.9 Å². The number of nitro benzene ring substituents is 1. The highest BCUT2D eigenvalue weighted by molar-refractivity contribution is 6.33. The van der Waals surface area contributed by atoms with Gasteiger partial charge >= 0.3 is 5.82 Å². The molecule has 12 heteroatoms. The van der Waals surface area contributed by atoms with Crippen LogP contribution < -0.4 is 10.1 Å². The number of aromatic nitrogens is 2. The summed E-state index contributed by atoms with van der Waals surface area (Å²) in [5.41, 5.74) is -0.144. The molecule has 138 valence electrons. The quantitative estimate of drug-likeness (QED) is 0.571. The maximum atomic E-state index is 12.2. The number of nitrogens with one attached hydrogen (secondary N) is 1. The number of halogens is 1. The minimum atomic E-state index is -0.763. The van der Waals surface area contributed by atoms with Gasteiger partial charge < -0.3 is 20.2 Å². The standard InChI is InChI=1S/C14H14ClN5O6/c1-3-26-9-4-5-10(11(6-9)19(22)23)16-12(21)7-18-8(2)13(15)14(17-18)20(24)25/h4-6H,3,7H2,1-2H3,(H,16,21). The number of hydrogen-bond donors (Lipinski definition) is 1. The maximum absolute atomic E-state index is 12.2. The lowest BCUT2D eigenvalue weighted by Crippen LogP contribution is -2.21. The van der Waals surface area contributed by atoms with Gasteiger partial charge in [-0.25, -0.2) is 0 Å². The molecule has 0 aliphatic rings. The van der Waals surface area contributed by atoms with E-state index in [1.54, 1.807) is 6.92 Å². The summed E-state index contributed by atoms with van der Waals surface area (Å²) in [5, 5.41) is 27.9. The highest BCUT2D eigenvalue weighted by Crippen LogP contribution is 2.30. The number of anilines is 1. The van der Waals surface area contributed by atoms with Gasteiger partial charge in [-0.1, -0.05) is 11.6 Å². The number of amides is 1. The molecule has 11 nitrogen and oxygen atoms in total. The van der Waals surface area contributed by atoms with Gasteiger partial charge in [0.15, 0.2) is 5.02 Å². The average Bonchev–Trinajstić information content (AvgIpc) is 2.85. The highest BCUT2D eigenvalue weighted by atomic mass is 35.5. The third kappa shape index (κ3) is 4.06. The molecule has 0 saturated carbocycles. The van der Waals surface area contributed by atoms with Crippen LogP contribution in [0, 0.1) is 27.2 Å². The summed E-state index contributed by atoms with van der Waals surface area (Å²) in [6.45, 7) is 3.14. The van der Waals surface area contributed by atoms with E-state index in [1.165, 1.54) is 25.1 Å². The normalized spacial score (nSPS) is 10.4. The number of rotatable bonds is 7. The van der Waals surface area contributed by atoms with E-state index >= 15 is 0 Å². The second-order valence-electron chi connectivity index (χ2n) is 5.06. The molecular weight excluding hydrogens is 370 g/mol. The summed E-state index contributed by atoms with van der Waals surface area (Å²) in [6.07, 6.45) is 0. The van der Waals surface area contributed by atoms with Crippen LogP contribution in [-0.2, 0) is 11.3 Å². The summed E-state index contributed by atoms with van der Waals surface area (Å²) < 4.78 is 6.25. The number of hydrogen-bond acceptors (Lipinski definition) is 7. The molecule has 0 spiro atoms. The van der Waals surface area contributed by atoms with Crippen LogP contribution >= 0.6 is 11.6 Å². The first-order valence-electron chi connectivity index (χ1n) is 7.33. The van der Waals surface area contributed by atoms with Crippen molar-refractivity contribution < 1.29 is 19.4 Å². The van der Waals surface area contributed by atoms with E-state index in [1.807, 2.05) is 0 Å². The van der Waals surface area contributed by atoms with Gasteiger partial charge in [-0.15, -0.1) is 0 Å². The van der Waals surface area contributed by atoms with Crippen LogP contribution in [0.5, 0.6) is 5.75 Å². The van der Waals surface area contributed by atoms with E-state index in [9.17, 15) is 25.0 Å². The summed E-state index contributed by atoms with van der Waals surface area (Å²) in [7, 11) is 0. The van der Waals surface area contributed by atoms with Crippen molar-refractivity contribution in [3.05, 3.63) is 49.1 Å². The zero-order valence-corrected chi connectivity index (χ0v) is 14.5. The zero-order valence-electron chi connectivity index (χ0n) is 13.8. The molecule has 26 heavy (non-hydrogen) atoms. The largest absolute Gasteiger partial charge is 0.494 e. The Morgan fingerprint density at radius 3 is 2.58 bits per heavy atom. The van der Waals surface area contributed by atoms with Gasteiger partial charge in [-0.2, -0.15) is 4.68 Å². The monoisotopic (exact) mass is 383 g/mol. The van der Waals surface area contributed by atoms with Crippen molar-refractivity contribution in [1.82, 2.24) is 9.78 Å². The summed E-state index contributed by atoms with van der Waals surface area (Å²) in [6, 6.07) is 4.01. The van der Waals surface area contributed by atoms with Crippen molar-refractivity contribution in [1.29, 1.82) is 0 Å². The Labute approximate surface area is 151 Å². The smallest absolute Gasteiger partial charge is 0.408 e. The van der Waals surface area contributed by atoms with Crippen molar-refractivity contribution in [3.63, 3.8) is 0 Å². The molecule has 0 aliphatic carbocycles. The van der Waals surface area contributed by atoms with Crippen molar-refractivity contribution in [3.8, 4) is 5.75 Å². The van der Waals surface area contributed by atoms with Crippen molar-refractivity contribution in [2.45, 2.75) is 20.4 Å². The van der Waals surface area contributed by atoms with E-state index < -0.39 is 28.1 Å². The Morgan fingerprint density at radius 1 is 1.35 bits per heavy atom. The first-order valence-corrected chi connectivity index (χ1v) is 7.70. The maximum Gasteiger partial charge on any atom is 0.408 e. The Balaban J connectivity index is 2.22. The molecule has 1 aromatic carbocycles. The van der Waals surface area contributed by atoms with Gasteiger partial charge in [0, 0.05) is 0 Å².